The zero-order chi connectivity index (χ0) is 21.9. The van der Waals surface area contributed by atoms with E-state index in [2.05, 4.69) is 4.98 Å². The molecule has 1 aliphatic heterocycles. The summed E-state index contributed by atoms with van der Waals surface area (Å²) >= 11 is 5.98. The number of aryl methyl sites for hydroxylation is 1. The van der Waals surface area contributed by atoms with Crippen LogP contribution < -0.4 is 4.90 Å². The minimum absolute atomic E-state index is 0.100. The topological polar surface area (TPSA) is 62.7 Å². The third-order valence-electron chi connectivity index (χ3n) is 4.77. The van der Waals surface area contributed by atoms with Gasteiger partial charge in [-0.3, -0.25) is 4.79 Å². The number of anilines is 1. The lowest BCUT2D eigenvalue weighted by atomic mass is 10.1. The third-order valence-corrected chi connectivity index (χ3v) is 5.05. The van der Waals surface area contributed by atoms with Gasteiger partial charge in [-0.15, -0.1) is 0 Å². The summed E-state index contributed by atoms with van der Waals surface area (Å²) < 4.78 is 43.4. The Kier molecular flexibility index (Phi) is 6.50. The number of hydrogen-bond acceptors (Lipinski definition) is 5. The van der Waals surface area contributed by atoms with Gasteiger partial charge in [0.05, 0.1) is 16.1 Å². The number of rotatable bonds is 4. The van der Waals surface area contributed by atoms with Crippen LogP contribution in [-0.2, 0) is 15.7 Å². The number of aromatic nitrogens is 1. The molecule has 1 amide bonds. The van der Waals surface area contributed by atoms with E-state index < -0.39 is 17.7 Å². The average Bonchev–Trinajstić information content (AvgIpc) is 2.71. The maximum absolute atomic E-state index is 12.7. The average molecular weight is 442 g/mol. The summed E-state index contributed by atoms with van der Waals surface area (Å²) in [6.07, 6.45) is -3.78. The van der Waals surface area contributed by atoms with Crippen LogP contribution in [0.2, 0.25) is 5.02 Å². The maximum Gasteiger partial charge on any atom is 0.417 e. The van der Waals surface area contributed by atoms with E-state index in [1.165, 1.54) is 4.90 Å². The Morgan fingerprint density at radius 2 is 1.83 bits per heavy atom. The Bertz CT molecular complexity index is 944. The van der Waals surface area contributed by atoms with Gasteiger partial charge in [-0.25, -0.2) is 9.78 Å². The van der Waals surface area contributed by atoms with Crippen LogP contribution in [0.4, 0.5) is 19.0 Å². The van der Waals surface area contributed by atoms with Crippen LogP contribution in [0.25, 0.3) is 0 Å². The zero-order valence-electron chi connectivity index (χ0n) is 16.1. The van der Waals surface area contributed by atoms with E-state index >= 15 is 0 Å². The Morgan fingerprint density at radius 1 is 1.17 bits per heavy atom. The summed E-state index contributed by atoms with van der Waals surface area (Å²) in [5, 5.41) is -0.100. The summed E-state index contributed by atoms with van der Waals surface area (Å²) in [5.74, 6) is -0.674. The van der Waals surface area contributed by atoms with Crippen molar-refractivity contribution < 1.29 is 27.5 Å². The lowest BCUT2D eigenvalue weighted by molar-refractivity contribution is -0.138. The van der Waals surface area contributed by atoms with Crippen LogP contribution in [0.3, 0.4) is 0 Å². The lowest BCUT2D eigenvalue weighted by Crippen LogP contribution is -2.50. The molecule has 1 aliphatic rings. The molecule has 0 unspecified atom stereocenters. The molecular weight excluding hydrogens is 423 g/mol. The number of esters is 1. The van der Waals surface area contributed by atoms with Crippen molar-refractivity contribution in [2.24, 2.45) is 0 Å². The largest absolute Gasteiger partial charge is 0.452 e. The first-order chi connectivity index (χ1) is 14.2. The molecule has 3 rings (SSSR count). The first-order valence-corrected chi connectivity index (χ1v) is 9.53. The van der Waals surface area contributed by atoms with E-state index in [4.69, 9.17) is 16.3 Å². The molecule has 0 spiro atoms. The molecule has 0 N–H and O–H groups in total. The van der Waals surface area contributed by atoms with E-state index in [0.717, 1.165) is 17.8 Å². The van der Waals surface area contributed by atoms with Crippen LogP contribution in [0.15, 0.2) is 36.5 Å². The van der Waals surface area contributed by atoms with E-state index in [-0.39, 0.29) is 23.4 Å². The Hall–Kier alpha value is -2.81. The summed E-state index contributed by atoms with van der Waals surface area (Å²) in [6.45, 7) is 2.69. The SMILES string of the molecule is Cc1ccccc1C(=O)OCC(=O)N1CCN(c2ncc(C(F)(F)F)cc2Cl)CC1. The number of carbonyl (C=O) groups is 2. The van der Waals surface area contributed by atoms with Gasteiger partial charge in [-0.05, 0) is 24.6 Å². The van der Waals surface area contributed by atoms with E-state index in [0.29, 0.717) is 31.7 Å². The quantitative estimate of drug-likeness (QED) is 0.679. The van der Waals surface area contributed by atoms with Crippen molar-refractivity contribution in [1.29, 1.82) is 0 Å². The molecule has 0 atom stereocenters. The molecule has 2 aromatic rings. The van der Waals surface area contributed by atoms with Crippen molar-refractivity contribution in [1.82, 2.24) is 9.88 Å². The van der Waals surface area contributed by atoms with Gasteiger partial charge in [0, 0.05) is 32.4 Å². The van der Waals surface area contributed by atoms with Gasteiger partial charge in [0.25, 0.3) is 5.91 Å². The number of hydrogen-bond donors (Lipinski definition) is 0. The molecule has 0 radical (unpaired) electrons. The van der Waals surface area contributed by atoms with E-state index in [9.17, 15) is 22.8 Å². The third kappa shape index (κ3) is 5.02. The number of carbonyl (C=O) groups excluding carboxylic acids is 2. The minimum Gasteiger partial charge on any atom is -0.452 e. The molecule has 10 heteroatoms. The highest BCUT2D eigenvalue weighted by molar-refractivity contribution is 6.33. The number of amides is 1. The Morgan fingerprint density at radius 3 is 2.43 bits per heavy atom. The van der Waals surface area contributed by atoms with Crippen molar-refractivity contribution in [2.45, 2.75) is 13.1 Å². The first kappa shape index (κ1) is 21.9. The van der Waals surface area contributed by atoms with Crippen molar-refractivity contribution in [3.05, 3.63) is 58.2 Å². The second-order valence-electron chi connectivity index (χ2n) is 6.79. The number of alkyl halides is 3. The van der Waals surface area contributed by atoms with E-state index in [1.54, 1.807) is 36.1 Å². The predicted octanol–water partition coefficient (Wildman–Crippen LogP) is 3.57. The first-order valence-electron chi connectivity index (χ1n) is 9.15. The molecule has 6 nitrogen and oxygen atoms in total. The molecule has 160 valence electrons. The molecule has 2 heterocycles. The smallest absolute Gasteiger partial charge is 0.417 e. The second-order valence-corrected chi connectivity index (χ2v) is 7.19. The van der Waals surface area contributed by atoms with Gasteiger partial charge in [0.1, 0.15) is 5.82 Å². The van der Waals surface area contributed by atoms with Gasteiger partial charge in [0.2, 0.25) is 0 Å². The van der Waals surface area contributed by atoms with Crippen molar-refractivity contribution in [3.8, 4) is 0 Å². The maximum atomic E-state index is 12.7. The van der Waals surface area contributed by atoms with Crippen LogP contribution in [-0.4, -0.2) is 54.5 Å². The molecule has 1 aromatic carbocycles. The molecule has 0 aliphatic carbocycles. The minimum atomic E-state index is -4.52. The number of pyridine rings is 1. The van der Waals surface area contributed by atoms with Crippen LogP contribution in [0, 0.1) is 6.92 Å². The van der Waals surface area contributed by atoms with Gasteiger partial charge < -0.3 is 14.5 Å². The van der Waals surface area contributed by atoms with Gasteiger partial charge in [-0.1, -0.05) is 29.8 Å². The number of nitrogens with zero attached hydrogens (tertiary/aromatic N) is 3. The molecule has 1 saturated heterocycles. The summed E-state index contributed by atoms with van der Waals surface area (Å²) in [4.78, 5) is 31.6. The molecular formula is C20H19ClF3N3O3. The van der Waals surface area contributed by atoms with Gasteiger partial charge in [0.15, 0.2) is 6.61 Å². The molecule has 0 saturated carbocycles. The van der Waals surface area contributed by atoms with Crippen LogP contribution >= 0.6 is 11.6 Å². The fraction of sp³-hybridized carbons (Fsp3) is 0.350. The summed E-state index contributed by atoms with van der Waals surface area (Å²) in [7, 11) is 0. The normalized spacial score (nSPS) is 14.6. The standard InChI is InChI=1S/C20H19ClF3N3O3/c1-13-4-2-3-5-15(13)19(29)30-12-17(28)26-6-8-27(9-7-26)18-16(21)10-14(11-25-18)20(22,23)24/h2-5,10-11H,6-9,12H2,1H3. The van der Waals surface area contributed by atoms with Crippen LogP contribution in [0.1, 0.15) is 21.5 Å². The van der Waals surface area contributed by atoms with Crippen molar-refractivity contribution in [2.75, 3.05) is 37.7 Å². The predicted molar refractivity (Wildman–Crippen MR) is 105 cm³/mol. The second kappa shape index (κ2) is 8.91. The van der Waals surface area contributed by atoms with Crippen molar-refractivity contribution in [3.63, 3.8) is 0 Å². The van der Waals surface area contributed by atoms with Gasteiger partial charge >= 0.3 is 12.1 Å². The fourth-order valence-electron chi connectivity index (χ4n) is 3.08. The number of ether oxygens (including phenoxy) is 1. The molecule has 0 bridgehead atoms. The summed E-state index contributed by atoms with van der Waals surface area (Å²) in [6, 6.07) is 7.76. The molecule has 30 heavy (non-hydrogen) atoms. The number of piperazine rings is 1. The Labute approximate surface area is 176 Å². The highest BCUT2D eigenvalue weighted by atomic mass is 35.5. The molecule has 1 fully saturated rings. The lowest BCUT2D eigenvalue weighted by Gasteiger charge is -2.35. The number of halogens is 4. The monoisotopic (exact) mass is 441 g/mol. The van der Waals surface area contributed by atoms with Gasteiger partial charge in [-0.2, -0.15) is 13.2 Å². The molecule has 1 aromatic heterocycles. The summed E-state index contributed by atoms with van der Waals surface area (Å²) in [5.41, 5.74) is 0.239. The number of benzene rings is 1. The zero-order valence-corrected chi connectivity index (χ0v) is 16.8. The van der Waals surface area contributed by atoms with Crippen molar-refractivity contribution >= 4 is 29.3 Å². The fourth-order valence-corrected chi connectivity index (χ4v) is 3.37. The highest BCUT2D eigenvalue weighted by Crippen LogP contribution is 2.33. The van der Waals surface area contributed by atoms with E-state index in [1.807, 2.05) is 0 Å². The Balaban J connectivity index is 1.53. The van der Waals surface area contributed by atoms with Crippen LogP contribution in [0.5, 0.6) is 0 Å². The highest BCUT2D eigenvalue weighted by Gasteiger charge is 2.32.